The van der Waals surface area contributed by atoms with Crippen molar-refractivity contribution in [3.63, 3.8) is 0 Å². The fourth-order valence-corrected chi connectivity index (χ4v) is 6.20. The molecule has 7 nitrogen and oxygen atoms in total. The number of benzene rings is 1. The summed E-state index contributed by atoms with van der Waals surface area (Å²) in [7, 11) is 0. The van der Waals surface area contributed by atoms with Crippen molar-refractivity contribution < 1.29 is 0 Å². The van der Waals surface area contributed by atoms with Gasteiger partial charge in [-0.2, -0.15) is 10.1 Å². The Hall–Kier alpha value is -3.48. The molecule has 1 N–H and O–H groups in total. The zero-order chi connectivity index (χ0) is 22.8. The van der Waals surface area contributed by atoms with Crippen LogP contribution < -0.4 is 10.9 Å². The van der Waals surface area contributed by atoms with Crippen LogP contribution in [0.5, 0.6) is 0 Å². The van der Waals surface area contributed by atoms with E-state index in [0.717, 1.165) is 29.6 Å². The topological polar surface area (TPSA) is 77.6 Å². The summed E-state index contributed by atoms with van der Waals surface area (Å²) in [5.74, 6) is 1.13. The average Bonchev–Trinajstić information content (AvgIpc) is 3.46. The highest BCUT2D eigenvalue weighted by molar-refractivity contribution is 5.76. The summed E-state index contributed by atoms with van der Waals surface area (Å²) < 4.78 is 3.76. The molecule has 0 aliphatic heterocycles. The van der Waals surface area contributed by atoms with E-state index in [1.54, 1.807) is 18.5 Å². The van der Waals surface area contributed by atoms with Gasteiger partial charge in [0, 0.05) is 41.8 Å². The Morgan fingerprint density at radius 3 is 2.58 bits per heavy atom. The second-order valence-corrected chi connectivity index (χ2v) is 10.3. The summed E-state index contributed by atoms with van der Waals surface area (Å²) in [6.45, 7) is 7.10. The molecule has 4 aromatic rings. The van der Waals surface area contributed by atoms with Crippen molar-refractivity contribution >= 4 is 22.7 Å². The predicted octanol–water partition coefficient (Wildman–Crippen LogP) is 5.11. The standard InChI is InChI=1S/C26H28N6O/c1-25(2)18-11-12-26(25,3)21(15-18)32-22(33)10-5-17-16-27-24(30-23(17)32)29-19-6-8-20(9-7-19)31-14-4-13-28-31/h4-10,13-14,16,18,21H,11-12,15H2,1-3H3,(H,27,29,30). The molecule has 2 bridgehead atoms. The molecular weight excluding hydrogens is 412 g/mol. The maximum absolute atomic E-state index is 13.1. The Kier molecular flexibility index (Phi) is 4.28. The highest BCUT2D eigenvalue weighted by atomic mass is 16.1. The summed E-state index contributed by atoms with van der Waals surface area (Å²) in [6, 6.07) is 13.5. The zero-order valence-electron chi connectivity index (χ0n) is 19.2. The van der Waals surface area contributed by atoms with E-state index in [1.165, 1.54) is 6.42 Å². The first kappa shape index (κ1) is 20.1. The first-order valence-corrected chi connectivity index (χ1v) is 11.6. The van der Waals surface area contributed by atoms with Crippen molar-refractivity contribution in [3.8, 4) is 5.69 Å². The van der Waals surface area contributed by atoms with Gasteiger partial charge in [0.05, 0.1) is 5.69 Å². The molecule has 1 aromatic carbocycles. The van der Waals surface area contributed by atoms with Gasteiger partial charge < -0.3 is 5.32 Å². The van der Waals surface area contributed by atoms with Gasteiger partial charge in [-0.1, -0.05) is 20.8 Å². The van der Waals surface area contributed by atoms with Crippen LogP contribution in [0.1, 0.15) is 46.1 Å². The molecule has 6 rings (SSSR count). The third kappa shape index (κ3) is 2.95. The lowest BCUT2D eigenvalue weighted by atomic mass is 9.69. The summed E-state index contributed by atoms with van der Waals surface area (Å²) in [6.07, 6.45) is 8.90. The van der Waals surface area contributed by atoms with Crippen LogP contribution in [0.4, 0.5) is 11.6 Å². The van der Waals surface area contributed by atoms with Crippen LogP contribution in [-0.4, -0.2) is 24.3 Å². The van der Waals surface area contributed by atoms with E-state index in [-0.39, 0.29) is 22.4 Å². The first-order valence-electron chi connectivity index (χ1n) is 11.6. The number of nitrogens with one attached hydrogen (secondary N) is 1. The second-order valence-electron chi connectivity index (χ2n) is 10.3. The summed E-state index contributed by atoms with van der Waals surface area (Å²) in [4.78, 5) is 22.5. The van der Waals surface area contributed by atoms with Crippen LogP contribution in [0.2, 0.25) is 0 Å². The number of rotatable bonds is 4. The average molecular weight is 441 g/mol. The van der Waals surface area contributed by atoms with Crippen molar-refractivity contribution in [1.29, 1.82) is 0 Å². The molecule has 33 heavy (non-hydrogen) atoms. The molecule has 0 radical (unpaired) electrons. The molecule has 0 spiro atoms. The molecule has 0 amide bonds. The van der Waals surface area contributed by atoms with Crippen LogP contribution in [0.25, 0.3) is 16.7 Å². The Bertz CT molecular complexity index is 1390. The maximum atomic E-state index is 13.1. The van der Waals surface area contributed by atoms with Gasteiger partial charge in [-0.3, -0.25) is 9.36 Å². The minimum absolute atomic E-state index is 0.0188. The largest absolute Gasteiger partial charge is 0.324 e. The number of nitrogens with zero attached hydrogens (tertiary/aromatic N) is 5. The molecule has 0 saturated heterocycles. The fourth-order valence-electron chi connectivity index (χ4n) is 6.20. The van der Waals surface area contributed by atoms with E-state index in [0.29, 0.717) is 17.5 Å². The molecule has 2 aliphatic carbocycles. The van der Waals surface area contributed by atoms with Crippen LogP contribution in [0, 0.1) is 16.7 Å². The number of anilines is 2. The van der Waals surface area contributed by atoms with Crippen molar-refractivity contribution in [2.24, 2.45) is 16.7 Å². The third-order valence-electron chi connectivity index (χ3n) is 8.62. The number of aromatic nitrogens is 5. The Morgan fingerprint density at radius 1 is 1.09 bits per heavy atom. The van der Waals surface area contributed by atoms with Crippen LogP contribution in [-0.2, 0) is 0 Å². The maximum Gasteiger partial charge on any atom is 0.252 e. The van der Waals surface area contributed by atoms with Gasteiger partial charge >= 0.3 is 0 Å². The lowest BCUT2D eigenvalue weighted by molar-refractivity contribution is 0.107. The number of pyridine rings is 1. The van der Waals surface area contributed by atoms with Crippen molar-refractivity contribution in [2.45, 2.75) is 46.1 Å². The lowest BCUT2D eigenvalue weighted by Crippen LogP contribution is -2.38. The minimum Gasteiger partial charge on any atom is -0.324 e. The highest BCUT2D eigenvalue weighted by Gasteiger charge is 2.62. The molecular formula is C26H28N6O. The van der Waals surface area contributed by atoms with Gasteiger partial charge in [-0.05, 0) is 72.4 Å². The molecule has 3 unspecified atom stereocenters. The number of fused-ring (bicyclic) bond motifs is 3. The van der Waals surface area contributed by atoms with Crippen molar-refractivity contribution in [1.82, 2.24) is 24.3 Å². The molecule has 2 saturated carbocycles. The lowest BCUT2D eigenvalue weighted by Gasteiger charge is -2.40. The Balaban J connectivity index is 1.37. The van der Waals surface area contributed by atoms with Crippen molar-refractivity contribution in [3.05, 3.63) is 71.4 Å². The molecule has 3 aromatic heterocycles. The molecule has 7 heteroatoms. The molecule has 168 valence electrons. The first-order chi connectivity index (χ1) is 15.9. The smallest absolute Gasteiger partial charge is 0.252 e. The van der Waals surface area contributed by atoms with Gasteiger partial charge in [-0.25, -0.2) is 9.67 Å². The van der Waals surface area contributed by atoms with Crippen LogP contribution in [0.3, 0.4) is 0 Å². The van der Waals surface area contributed by atoms with Crippen molar-refractivity contribution in [2.75, 3.05) is 5.32 Å². The van der Waals surface area contributed by atoms with E-state index in [4.69, 9.17) is 4.98 Å². The number of hydrogen-bond donors (Lipinski definition) is 1. The molecule has 2 aliphatic rings. The van der Waals surface area contributed by atoms with E-state index in [1.807, 2.05) is 51.8 Å². The fraction of sp³-hybridized carbons (Fsp3) is 0.385. The van der Waals surface area contributed by atoms with Gasteiger partial charge in [0.2, 0.25) is 5.95 Å². The van der Waals surface area contributed by atoms with E-state index >= 15 is 0 Å². The normalized spacial score (nSPS) is 25.5. The third-order valence-corrected chi connectivity index (χ3v) is 8.62. The Labute approximate surface area is 192 Å². The highest BCUT2D eigenvalue weighted by Crippen LogP contribution is 2.69. The summed E-state index contributed by atoms with van der Waals surface area (Å²) in [5, 5.41) is 8.45. The Morgan fingerprint density at radius 2 is 1.91 bits per heavy atom. The second kappa shape index (κ2) is 7.01. The molecule has 3 heterocycles. The van der Waals surface area contributed by atoms with E-state index in [2.05, 4.69) is 36.2 Å². The van der Waals surface area contributed by atoms with Gasteiger partial charge in [0.15, 0.2) is 0 Å². The molecule has 2 fully saturated rings. The predicted molar refractivity (Wildman–Crippen MR) is 129 cm³/mol. The van der Waals surface area contributed by atoms with Crippen LogP contribution in [0.15, 0.2) is 65.8 Å². The van der Waals surface area contributed by atoms with Gasteiger partial charge in [0.25, 0.3) is 5.56 Å². The van der Waals surface area contributed by atoms with E-state index in [9.17, 15) is 4.79 Å². The zero-order valence-corrected chi connectivity index (χ0v) is 19.2. The summed E-state index contributed by atoms with van der Waals surface area (Å²) >= 11 is 0. The quantitative estimate of drug-likeness (QED) is 0.477. The van der Waals surface area contributed by atoms with Gasteiger partial charge in [0.1, 0.15) is 5.65 Å². The van der Waals surface area contributed by atoms with E-state index < -0.39 is 0 Å². The monoisotopic (exact) mass is 440 g/mol. The summed E-state index contributed by atoms with van der Waals surface area (Å²) in [5.41, 5.74) is 2.88. The minimum atomic E-state index is 0.0188. The SMILES string of the molecule is CC1(C)C2CCC1(C)C(n1c(=O)ccc3cnc(Nc4ccc(-n5cccn5)cc4)nc31)C2. The molecule has 3 atom stereocenters. The van der Waals surface area contributed by atoms with Crippen LogP contribution >= 0.6 is 0 Å². The number of hydrogen-bond acceptors (Lipinski definition) is 5. The van der Waals surface area contributed by atoms with Gasteiger partial charge in [-0.15, -0.1) is 0 Å².